The molecule has 5 nitrogen and oxygen atoms in total. The van der Waals surface area contributed by atoms with Gasteiger partial charge in [0, 0.05) is 13.6 Å². The summed E-state index contributed by atoms with van der Waals surface area (Å²) in [6.45, 7) is 6.21. The second kappa shape index (κ2) is 4.82. The molecular formula is C11H20N4O. The zero-order valence-electron chi connectivity index (χ0n) is 10.2. The van der Waals surface area contributed by atoms with Crippen LogP contribution in [0.25, 0.3) is 0 Å². The van der Waals surface area contributed by atoms with Crippen LogP contribution in [0.5, 0.6) is 0 Å². The van der Waals surface area contributed by atoms with Gasteiger partial charge in [-0.3, -0.25) is 0 Å². The first-order valence-corrected chi connectivity index (χ1v) is 6.00. The Labute approximate surface area is 96.2 Å². The molecule has 0 radical (unpaired) electrons. The third-order valence-corrected chi connectivity index (χ3v) is 3.28. The van der Waals surface area contributed by atoms with E-state index in [0.717, 1.165) is 19.0 Å². The number of hydrogen-bond acceptors (Lipinski definition) is 5. The lowest BCUT2D eigenvalue weighted by Crippen LogP contribution is -2.33. The van der Waals surface area contributed by atoms with Crippen LogP contribution in [-0.4, -0.2) is 30.3 Å². The van der Waals surface area contributed by atoms with E-state index in [4.69, 9.17) is 4.52 Å². The zero-order chi connectivity index (χ0) is 11.5. The third-order valence-electron chi connectivity index (χ3n) is 3.28. The van der Waals surface area contributed by atoms with Gasteiger partial charge in [0.25, 0.3) is 5.95 Å². The molecule has 0 saturated carbocycles. The smallest absolute Gasteiger partial charge is 0.265 e. The summed E-state index contributed by atoms with van der Waals surface area (Å²) < 4.78 is 5.33. The Morgan fingerprint density at radius 3 is 3.06 bits per heavy atom. The first-order chi connectivity index (χ1) is 7.72. The molecule has 2 heterocycles. The van der Waals surface area contributed by atoms with Gasteiger partial charge in [0.15, 0.2) is 0 Å². The van der Waals surface area contributed by atoms with Crippen molar-refractivity contribution >= 4 is 5.95 Å². The minimum atomic E-state index is 0.222. The van der Waals surface area contributed by atoms with E-state index in [2.05, 4.69) is 29.3 Å². The van der Waals surface area contributed by atoms with Crippen molar-refractivity contribution in [1.82, 2.24) is 15.5 Å². The Morgan fingerprint density at radius 1 is 1.56 bits per heavy atom. The van der Waals surface area contributed by atoms with Gasteiger partial charge < -0.3 is 14.7 Å². The van der Waals surface area contributed by atoms with Crippen LogP contribution in [0.1, 0.15) is 38.6 Å². The monoisotopic (exact) mass is 224 g/mol. The second-order valence-electron chi connectivity index (χ2n) is 4.50. The normalized spacial score (nSPS) is 25.7. The van der Waals surface area contributed by atoms with Gasteiger partial charge in [-0.25, -0.2) is 0 Å². The molecule has 0 spiro atoms. The highest BCUT2D eigenvalue weighted by Gasteiger charge is 2.27. The molecule has 1 N–H and O–H groups in total. The summed E-state index contributed by atoms with van der Waals surface area (Å²) in [6, 6.07) is 0.222. The molecule has 1 saturated heterocycles. The average molecular weight is 224 g/mol. The van der Waals surface area contributed by atoms with Gasteiger partial charge in [-0.2, -0.15) is 4.98 Å². The van der Waals surface area contributed by atoms with E-state index in [1.807, 2.05) is 11.9 Å². The molecule has 1 aliphatic heterocycles. The third kappa shape index (κ3) is 2.19. The lowest BCUT2D eigenvalue weighted by atomic mass is 9.93. The number of rotatable bonds is 3. The van der Waals surface area contributed by atoms with E-state index in [9.17, 15) is 0 Å². The Bertz CT molecular complexity index is 338. The standard InChI is InChI=1S/C11H20N4O/c1-4-15(3)11-13-10(16-14-11)9-8(2)6-5-7-12-9/h8-9,12H,4-7H2,1-3H3. The summed E-state index contributed by atoms with van der Waals surface area (Å²) in [7, 11) is 1.96. The summed E-state index contributed by atoms with van der Waals surface area (Å²) in [5, 5.41) is 7.44. The lowest BCUT2D eigenvalue weighted by molar-refractivity contribution is 0.239. The number of nitrogens with one attached hydrogen (secondary N) is 1. The maximum atomic E-state index is 5.33. The van der Waals surface area contributed by atoms with Gasteiger partial charge in [-0.1, -0.05) is 6.92 Å². The minimum Gasteiger partial charge on any atom is -0.342 e. The highest BCUT2D eigenvalue weighted by atomic mass is 16.5. The van der Waals surface area contributed by atoms with Crippen molar-refractivity contribution in [2.24, 2.45) is 5.92 Å². The molecule has 1 aromatic heterocycles. The van der Waals surface area contributed by atoms with Crippen molar-refractivity contribution < 1.29 is 4.52 Å². The Kier molecular flexibility index (Phi) is 3.43. The van der Waals surface area contributed by atoms with Crippen LogP contribution in [0.4, 0.5) is 5.95 Å². The molecule has 0 amide bonds. The van der Waals surface area contributed by atoms with Crippen molar-refractivity contribution in [3.8, 4) is 0 Å². The lowest BCUT2D eigenvalue weighted by Gasteiger charge is -2.26. The summed E-state index contributed by atoms with van der Waals surface area (Å²) in [4.78, 5) is 6.41. The topological polar surface area (TPSA) is 54.2 Å². The molecule has 2 atom stereocenters. The van der Waals surface area contributed by atoms with E-state index < -0.39 is 0 Å². The highest BCUT2D eigenvalue weighted by molar-refractivity contribution is 5.25. The Hall–Kier alpha value is -1.10. The molecule has 90 valence electrons. The molecule has 5 heteroatoms. The molecule has 0 bridgehead atoms. The number of hydrogen-bond donors (Lipinski definition) is 1. The zero-order valence-corrected chi connectivity index (χ0v) is 10.2. The molecular weight excluding hydrogens is 204 g/mol. The van der Waals surface area contributed by atoms with Crippen molar-refractivity contribution in [3.63, 3.8) is 0 Å². The molecule has 1 aromatic rings. The molecule has 1 fully saturated rings. The molecule has 1 aliphatic rings. The van der Waals surface area contributed by atoms with Crippen LogP contribution in [0, 0.1) is 5.92 Å². The number of nitrogens with zero attached hydrogens (tertiary/aromatic N) is 3. The summed E-state index contributed by atoms with van der Waals surface area (Å²) in [5.74, 6) is 1.97. The number of piperidine rings is 1. The van der Waals surface area contributed by atoms with Gasteiger partial charge >= 0.3 is 0 Å². The minimum absolute atomic E-state index is 0.222. The van der Waals surface area contributed by atoms with E-state index in [0.29, 0.717) is 11.9 Å². The van der Waals surface area contributed by atoms with Gasteiger partial charge in [-0.05, 0) is 37.4 Å². The van der Waals surface area contributed by atoms with Crippen LogP contribution in [-0.2, 0) is 0 Å². The van der Waals surface area contributed by atoms with Crippen LogP contribution in [0.2, 0.25) is 0 Å². The van der Waals surface area contributed by atoms with Gasteiger partial charge in [0.1, 0.15) is 0 Å². The van der Waals surface area contributed by atoms with Crippen molar-refractivity contribution in [2.75, 3.05) is 25.0 Å². The van der Waals surface area contributed by atoms with Crippen LogP contribution < -0.4 is 10.2 Å². The van der Waals surface area contributed by atoms with Crippen LogP contribution >= 0.6 is 0 Å². The van der Waals surface area contributed by atoms with E-state index in [-0.39, 0.29) is 6.04 Å². The fourth-order valence-electron chi connectivity index (χ4n) is 2.03. The number of anilines is 1. The fourth-order valence-corrected chi connectivity index (χ4v) is 2.03. The molecule has 0 aliphatic carbocycles. The summed E-state index contributed by atoms with van der Waals surface area (Å²) >= 11 is 0. The maximum absolute atomic E-state index is 5.33. The summed E-state index contributed by atoms with van der Waals surface area (Å²) in [6.07, 6.45) is 2.45. The van der Waals surface area contributed by atoms with E-state index in [1.165, 1.54) is 12.8 Å². The van der Waals surface area contributed by atoms with Crippen molar-refractivity contribution in [3.05, 3.63) is 5.89 Å². The SMILES string of the molecule is CCN(C)c1noc(C2NCCCC2C)n1. The predicted octanol–water partition coefficient (Wildman–Crippen LogP) is 1.59. The van der Waals surface area contributed by atoms with E-state index >= 15 is 0 Å². The van der Waals surface area contributed by atoms with Crippen molar-refractivity contribution in [2.45, 2.75) is 32.7 Å². The van der Waals surface area contributed by atoms with Crippen molar-refractivity contribution in [1.29, 1.82) is 0 Å². The average Bonchev–Trinajstić information content (AvgIpc) is 2.78. The first-order valence-electron chi connectivity index (χ1n) is 6.00. The predicted molar refractivity (Wildman–Crippen MR) is 62.4 cm³/mol. The molecule has 2 rings (SSSR count). The Morgan fingerprint density at radius 2 is 2.38 bits per heavy atom. The molecule has 16 heavy (non-hydrogen) atoms. The Balaban J connectivity index is 2.11. The fraction of sp³-hybridized carbons (Fsp3) is 0.818. The van der Waals surface area contributed by atoms with Gasteiger partial charge in [0.05, 0.1) is 6.04 Å². The highest BCUT2D eigenvalue weighted by Crippen LogP contribution is 2.28. The second-order valence-corrected chi connectivity index (χ2v) is 4.50. The van der Waals surface area contributed by atoms with E-state index in [1.54, 1.807) is 0 Å². The first kappa shape index (κ1) is 11.4. The maximum Gasteiger partial charge on any atom is 0.265 e. The van der Waals surface area contributed by atoms with Gasteiger partial charge in [0.2, 0.25) is 5.89 Å². The number of aromatic nitrogens is 2. The molecule has 2 unspecified atom stereocenters. The summed E-state index contributed by atoms with van der Waals surface area (Å²) in [5.41, 5.74) is 0. The van der Waals surface area contributed by atoms with Crippen LogP contribution in [0.15, 0.2) is 4.52 Å². The largest absolute Gasteiger partial charge is 0.342 e. The van der Waals surface area contributed by atoms with Gasteiger partial charge in [-0.15, -0.1) is 0 Å². The van der Waals surface area contributed by atoms with Crippen LogP contribution in [0.3, 0.4) is 0 Å². The molecule has 0 aromatic carbocycles. The quantitative estimate of drug-likeness (QED) is 0.845.